The Bertz CT molecular complexity index is 539. The third kappa shape index (κ3) is 5.74. The van der Waals surface area contributed by atoms with Crippen molar-refractivity contribution in [3.05, 3.63) is 47.8 Å². The molecule has 0 bridgehead atoms. The van der Waals surface area contributed by atoms with Gasteiger partial charge in [-0.15, -0.1) is 0 Å². The molecule has 0 aliphatic rings. The Kier molecular flexibility index (Phi) is 8.51. The van der Waals surface area contributed by atoms with Gasteiger partial charge in [-0.25, -0.2) is 0 Å². The zero-order valence-electron chi connectivity index (χ0n) is 15.4. The van der Waals surface area contributed by atoms with Gasteiger partial charge in [0.25, 0.3) is 0 Å². The smallest absolute Gasteiger partial charge is 0.0920 e. The van der Waals surface area contributed by atoms with Gasteiger partial charge >= 0.3 is 0 Å². The molecule has 0 spiro atoms. The van der Waals surface area contributed by atoms with Crippen LogP contribution in [0.5, 0.6) is 0 Å². The van der Waals surface area contributed by atoms with Gasteiger partial charge in [0.1, 0.15) is 0 Å². The molecule has 2 heterocycles. The highest BCUT2D eigenvalue weighted by Gasteiger charge is 2.11. The maximum atomic E-state index is 4.69. The monoisotopic (exact) mass is 324 g/mol. The molecule has 2 heteroatoms. The van der Waals surface area contributed by atoms with E-state index in [1.165, 1.54) is 62.5 Å². The first-order valence-electron chi connectivity index (χ1n) is 9.75. The van der Waals surface area contributed by atoms with Crippen LogP contribution in [0, 0.1) is 0 Å². The van der Waals surface area contributed by atoms with E-state index in [9.17, 15) is 0 Å². The SMILES string of the molecule is CCCCCCc1cccnc1-c1ncccc1CCCCCC. The number of hydrogen-bond acceptors (Lipinski definition) is 2. The highest BCUT2D eigenvalue weighted by molar-refractivity contribution is 5.62. The second-order valence-electron chi connectivity index (χ2n) is 6.64. The van der Waals surface area contributed by atoms with Crippen molar-refractivity contribution in [3.8, 4) is 11.4 Å². The van der Waals surface area contributed by atoms with Gasteiger partial charge in [-0.1, -0.05) is 64.5 Å². The zero-order chi connectivity index (χ0) is 17.0. The van der Waals surface area contributed by atoms with Crippen LogP contribution in [0.3, 0.4) is 0 Å². The van der Waals surface area contributed by atoms with E-state index in [0.29, 0.717) is 0 Å². The van der Waals surface area contributed by atoms with Crippen LogP contribution in [-0.2, 0) is 12.8 Å². The summed E-state index contributed by atoms with van der Waals surface area (Å²) < 4.78 is 0. The molecule has 0 saturated carbocycles. The quantitative estimate of drug-likeness (QED) is 0.448. The van der Waals surface area contributed by atoms with Gasteiger partial charge in [0, 0.05) is 12.4 Å². The van der Waals surface area contributed by atoms with E-state index in [0.717, 1.165) is 24.2 Å². The summed E-state index contributed by atoms with van der Waals surface area (Å²) in [5.41, 5.74) is 4.89. The van der Waals surface area contributed by atoms with Gasteiger partial charge in [0.2, 0.25) is 0 Å². The number of aromatic nitrogens is 2. The maximum absolute atomic E-state index is 4.69. The fourth-order valence-electron chi connectivity index (χ4n) is 3.19. The van der Waals surface area contributed by atoms with Gasteiger partial charge in [-0.05, 0) is 48.9 Å². The van der Waals surface area contributed by atoms with E-state index >= 15 is 0 Å². The standard InChI is InChI=1S/C22H32N2/c1-3-5-7-9-13-19-15-11-17-23-21(19)22-20(16-12-18-24-22)14-10-8-6-4-2/h11-12,15-18H,3-10,13-14H2,1-2H3. The normalized spacial score (nSPS) is 10.9. The largest absolute Gasteiger partial charge is 0.254 e. The molecule has 2 nitrogen and oxygen atoms in total. The van der Waals surface area contributed by atoms with Crippen molar-refractivity contribution in [1.29, 1.82) is 0 Å². The van der Waals surface area contributed by atoms with Crippen molar-refractivity contribution in [2.75, 3.05) is 0 Å². The first kappa shape index (κ1) is 18.6. The predicted octanol–water partition coefficient (Wildman–Crippen LogP) is 6.39. The van der Waals surface area contributed by atoms with Crippen molar-refractivity contribution in [1.82, 2.24) is 9.97 Å². The van der Waals surface area contributed by atoms with Crippen LogP contribution in [0.2, 0.25) is 0 Å². The fourth-order valence-corrected chi connectivity index (χ4v) is 3.19. The van der Waals surface area contributed by atoms with Crippen molar-refractivity contribution >= 4 is 0 Å². The third-order valence-corrected chi connectivity index (χ3v) is 4.61. The Labute approximate surface area is 147 Å². The Morgan fingerprint density at radius 2 is 1.08 bits per heavy atom. The molecule has 0 aromatic carbocycles. The van der Waals surface area contributed by atoms with Crippen LogP contribution in [0.1, 0.15) is 76.3 Å². The summed E-state index contributed by atoms with van der Waals surface area (Å²) in [4.78, 5) is 9.38. The van der Waals surface area contributed by atoms with Gasteiger partial charge < -0.3 is 0 Å². The summed E-state index contributed by atoms with van der Waals surface area (Å²) in [6, 6.07) is 8.57. The molecule has 0 aliphatic carbocycles. The van der Waals surface area contributed by atoms with Crippen molar-refractivity contribution in [2.45, 2.75) is 78.1 Å². The lowest BCUT2D eigenvalue weighted by Gasteiger charge is -2.12. The van der Waals surface area contributed by atoms with Gasteiger partial charge in [0.05, 0.1) is 11.4 Å². The number of rotatable bonds is 11. The molecular weight excluding hydrogens is 292 g/mol. The van der Waals surface area contributed by atoms with Crippen LogP contribution in [0.15, 0.2) is 36.7 Å². The number of pyridine rings is 2. The van der Waals surface area contributed by atoms with Crippen LogP contribution in [0.25, 0.3) is 11.4 Å². The minimum atomic E-state index is 1.10. The Morgan fingerprint density at radius 3 is 1.50 bits per heavy atom. The first-order valence-corrected chi connectivity index (χ1v) is 9.75. The van der Waals surface area contributed by atoms with Gasteiger partial charge in [0.15, 0.2) is 0 Å². The minimum absolute atomic E-state index is 1.10. The fraction of sp³-hybridized carbons (Fsp3) is 0.545. The molecule has 0 radical (unpaired) electrons. The summed E-state index contributed by atoms with van der Waals surface area (Å²) >= 11 is 0. The topological polar surface area (TPSA) is 25.8 Å². The summed E-state index contributed by atoms with van der Waals surface area (Å²) in [5, 5.41) is 0. The molecular formula is C22H32N2. The molecule has 2 aromatic rings. The highest BCUT2D eigenvalue weighted by Crippen LogP contribution is 2.25. The van der Waals surface area contributed by atoms with Crippen molar-refractivity contribution < 1.29 is 0 Å². The molecule has 0 aliphatic heterocycles. The number of hydrogen-bond donors (Lipinski definition) is 0. The first-order chi connectivity index (χ1) is 11.9. The highest BCUT2D eigenvalue weighted by atomic mass is 14.8. The molecule has 0 saturated heterocycles. The van der Waals surface area contributed by atoms with E-state index in [1.807, 2.05) is 12.4 Å². The molecule has 0 atom stereocenters. The summed E-state index contributed by atoms with van der Waals surface area (Å²) in [5.74, 6) is 0. The molecule has 130 valence electrons. The Morgan fingerprint density at radius 1 is 0.625 bits per heavy atom. The molecule has 0 fully saturated rings. The zero-order valence-corrected chi connectivity index (χ0v) is 15.4. The number of nitrogens with zero attached hydrogens (tertiary/aromatic N) is 2. The van der Waals surface area contributed by atoms with E-state index in [-0.39, 0.29) is 0 Å². The molecule has 24 heavy (non-hydrogen) atoms. The van der Waals surface area contributed by atoms with Crippen LogP contribution < -0.4 is 0 Å². The van der Waals surface area contributed by atoms with Crippen LogP contribution in [0.4, 0.5) is 0 Å². The average Bonchev–Trinajstić information content (AvgIpc) is 2.63. The molecule has 2 aromatic heterocycles. The van der Waals surface area contributed by atoms with E-state index in [2.05, 4.69) is 38.1 Å². The summed E-state index contributed by atoms with van der Waals surface area (Å²) in [6.07, 6.45) is 16.3. The second kappa shape index (κ2) is 11.0. The average molecular weight is 325 g/mol. The maximum Gasteiger partial charge on any atom is 0.0920 e. The van der Waals surface area contributed by atoms with E-state index < -0.39 is 0 Å². The van der Waals surface area contributed by atoms with Gasteiger partial charge in [-0.2, -0.15) is 0 Å². The Balaban J connectivity index is 2.12. The van der Waals surface area contributed by atoms with Crippen molar-refractivity contribution in [3.63, 3.8) is 0 Å². The number of aryl methyl sites for hydroxylation is 2. The van der Waals surface area contributed by atoms with E-state index in [4.69, 9.17) is 9.97 Å². The van der Waals surface area contributed by atoms with Crippen LogP contribution >= 0.6 is 0 Å². The molecule has 2 rings (SSSR count). The van der Waals surface area contributed by atoms with E-state index in [1.54, 1.807) is 0 Å². The lowest BCUT2D eigenvalue weighted by Crippen LogP contribution is -2.00. The summed E-state index contributed by atoms with van der Waals surface area (Å²) in [7, 11) is 0. The van der Waals surface area contributed by atoms with Gasteiger partial charge in [-0.3, -0.25) is 9.97 Å². The molecule has 0 unspecified atom stereocenters. The summed E-state index contributed by atoms with van der Waals surface area (Å²) in [6.45, 7) is 4.52. The minimum Gasteiger partial charge on any atom is -0.254 e. The lowest BCUT2D eigenvalue weighted by atomic mass is 9.98. The number of unbranched alkanes of at least 4 members (excludes halogenated alkanes) is 6. The molecule has 0 amide bonds. The Hall–Kier alpha value is -1.70. The predicted molar refractivity (Wildman–Crippen MR) is 103 cm³/mol. The van der Waals surface area contributed by atoms with Crippen molar-refractivity contribution in [2.24, 2.45) is 0 Å². The van der Waals surface area contributed by atoms with Crippen LogP contribution in [-0.4, -0.2) is 9.97 Å². The molecule has 0 N–H and O–H groups in total. The second-order valence-corrected chi connectivity index (χ2v) is 6.64. The lowest BCUT2D eigenvalue weighted by molar-refractivity contribution is 0.664. The third-order valence-electron chi connectivity index (χ3n) is 4.61.